The van der Waals surface area contributed by atoms with Crippen LogP contribution in [0.3, 0.4) is 0 Å². The highest BCUT2D eigenvalue weighted by atomic mass is 32.1. The first kappa shape index (κ1) is 21.4. The van der Waals surface area contributed by atoms with Crippen molar-refractivity contribution in [3.63, 3.8) is 0 Å². The molecule has 1 aliphatic heterocycles. The predicted octanol–water partition coefficient (Wildman–Crippen LogP) is 3.59. The van der Waals surface area contributed by atoms with Crippen LogP contribution in [0.2, 0.25) is 0 Å². The lowest BCUT2D eigenvalue weighted by Gasteiger charge is -2.26. The first-order valence-electron chi connectivity index (χ1n) is 10.2. The molecule has 1 fully saturated rings. The third-order valence-corrected chi connectivity index (χ3v) is 5.85. The summed E-state index contributed by atoms with van der Waals surface area (Å²) in [4.78, 5) is 19.2. The maximum absolute atomic E-state index is 13.0. The lowest BCUT2D eigenvalue weighted by molar-refractivity contribution is 0.0383. The van der Waals surface area contributed by atoms with Gasteiger partial charge in [0.1, 0.15) is 28.9 Å². The van der Waals surface area contributed by atoms with Crippen molar-refractivity contribution in [3.8, 4) is 16.3 Å². The highest BCUT2D eigenvalue weighted by molar-refractivity contribution is 7.13. The molecular formula is C23H24FN3O3S. The Labute approximate surface area is 184 Å². The van der Waals surface area contributed by atoms with Crippen LogP contribution in [0, 0.1) is 5.82 Å². The molecule has 1 aromatic heterocycles. The fraction of sp³-hybridized carbons (Fsp3) is 0.304. The zero-order valence-corrected chi connectivity index (χ0v) is 17.9. The summed E-state index contributed by atoms with van der Waals surface area (Å²) >= 11 is 1.42. The minimum atomic E-state index is -0.268. The molecule has 3 aromatic rings. The molecular weight excluding hydrogens is 417 g/mol. The maximum Gasteiger partial charge on any atom is 0.270 e. The minimum Gasteiger partial charge on any atom is -0.489 e. The van der Waals surface area contributed by atoms with Crippen LogP contribution in [0.5, 0.6) is 5.75 Å². The molecule has 0 aliphatic carbocycles. The van der Waals surface area contributed by atoms with E-state index in [0.29, 0.717) is 24.6 Å². The zero-order valence-electron chi connectivity index (χ0n) is 17.1. The molecule has 31 heavy (non-hydrogen) atoms. The van der Waals surface area contributed by atoms with Crippen molar-refractivity contribution in [2.45, 2.75) is 6.61 Å². The molecule has 8 heteroatoms. The van der Waals surface area contributed by atoms with Crippen LogP contribution >= 0.6 is 11.3 Å². The highest BCUT2D eigenvalue weighted by Crippen LogP contribution is 2.27. The normalized spacial score (nSPS) is 14.4. The van der Waals surface area contributed by atoms with Gasteiger partial charge in [0.2, 0.25) is 0 Å². The standard InChI is InChI=1S/C23H24FN3O3S/c24-19-6-4-17(5-7-19)15-30-20-3-1-2-18(14-20)23-26-21(16-31-23)22(28)25-8-9-27-10-12-29-13-11-27/h1-7,14,16H,8-13,15H2,(H,25,28). The molecule has 1 N–H and O–H groups in total. The maximum atomic E-state index is 13.0. The van der Waals surface area contributed by atoms with E-state index >= 15 is 0 Å². The average Bonchev–Trinajstić information content (AvgIpc) is 3.30. The van der Waals surface area contributed by atoms with E-state index in [1.54, 1.807) is 17.5 Å². The van der Waals surface area contributed by atoms with E-state index in [-0.39, 0.29) is 11.7 Å². The second kappa shape index (κ2) is 10.5. The number of nitrogens with one attached hydrogen (secondary N) is 1. The van der Waals surface area contributed by atoms with Gasteiger partial charge < -0.3 is 14.8 Å². The van der Waals surface area contributed by atoms with Crippen LogP contribution in [-0.4, -0.2) is 55.2 Å². The van der Waals surface area contributed by atoms with Gasteiger partial charge in [0, 0.05) is 37.1 Å². The lowest BCUT2D eigenvalue weighted by atomic mass is 10.2. The summed E-state index contributed by atoms with van der Waals surface area (Å²) < 4.78 is 24.2. The second-order valence-corrected chi connectivity index (χ2v) is 8.05. The van der Waals surface area contributed by atoms with Gasteiger partial charge in [0.15, 0.2) is 0 Å². The number of hydrogen-bond acceptors (Lipinski definition) is 6. The summed E-state index contributed by atoms with van der Waals surface area (Å²) in [5.41, 5.74) is 2.19. The van der Waals surface area contributed by atoms with Crippen molar-refractivity contribution in [2.24, 2.45) is 0 Å². The van der Waals surface area contributed by atoms with E-state index in [2.05, 4.69) is 15.2 Å². The number of benzene rings is 2. The third-order valence-electron chi connectivity index (χ3n) is 4.95. The van der Waals surface area contributed by atoms with Crippen molar-refractivity contribution in [2.75, 3.05) is 39.4 Å². The van der Waals surface area contributed by atoms with Crippen molar-refractivity contribution in [1.82, 2.24) is 15.2 Å². The number of hydrogen-bond donors (Lipinski definition) is 1. The molecule has 1 amide bonds. The molecule has 2 aromatic carbocycles. The molecule has 0 radical (unpaired) electrons. The van der Waals surface area contributed by atoms with E-state index in [1.807, 2.05) is 24.3 Å². The molecule has 4 rings (SSSR count). The Bertz CT molecular complexity index is 1000. The fourth-order valence-corrected chi connectivity index (χ4v) is 4.02. The third kappa shape index (κ3) is 6.10. The molecule has 1 saturated heterocycles. The number of carbonyl (C=O) groups excluding carboxylic acids is 1. The van der Waals surface area contributed by atoms with Crippen LogP contribution in [-0.2, 0) is 11.3 Å². The summed E-state index contributed by atoms with van der Waals surface area (Å²) in [5, 5.41) is 5.46. The van der Waals surface area contributed by atoms with Gasteiger partial charge in [-0.1, -0.05) is 24.3 Å². The van der Waals surface area contributed by atoms with Crippen molar-refractivity contribution >= 4 is 17.2 Å². The second-order valence-electron chi connectivity index (χ2n) is 7.19. The summed E-state index contributed by atoms with van der Waals surface area (Å²) in [5.74, 6) is 0.253. The van der Waals surface area contributed by atoms with Crippen LogP contribution in [0.1, 0.15) is 16.1 Å². The van der Waals surface area contributed by atoms with Crippen LogP contribution in [0.15, 0.2) is 53.9 Å². The molecule has 0 bridgehead atoms. The van der Waals surface area contributed by atoms with Gasteiger partial charge in [-0.2, -0.15) is 0 Å². The Morgan fingerprint density at radius 3 is 2.81 bits per heavy atom. The van der Waals surface area contributed by atoms with E-state index in [0.717, 1.165) is 49.0 Å². The fourth-order valence-electron chi connectivity index (χ4n) is 3.22. The van der Waals surface area contributed by atoms with Gasteiger partial charge in [0.25, 0.3) is 5.91 Å². The number of thiazole rings is 1. The number of halogens is 1. The van der Waals surface area contributed by atoms with Crippen LogP contribution in [0.25, 0.3) is 10.6 Å². The number of nitrogens with zero attached hydrogens (tertiary/aromatic N) is 2. The van der Waals surface area contributed by atoms with Crippen molar-refractivity contribution < 1.29 is 18.7 Å². The highest BCUT2D eigenvalue weighted by Gasteiger charge is 2.14. The summed E-state index contributed by atoms with van der Waals surface area (Å²) in [6, 6.07) is 13.8. The molecule has 0 saturated carbocycles. The van der Waals surface area contributed by atoms with Crippen molar-refractivity contribution in [3.05, 3.63) is 71.0 Å². The summed E-state index contributed by atoms with van der Waals surface area (Å²) in [7, 11) is 0. The number of aromatic nitrogens is 1. The molecule has 162 valence electrons. The van der Waals surface area contributed by atoms with Gasteiger partial charge >= 0.3 is 0 Å². The molecule has 0 unspecified atom stereocenters. The Balaban J connectivity index is 1.32. The SMILES string of the molecule is O=C(NCCN1CCOCC1)c1csc(-c2cccc(OCc3ccc(F)cc3)c2)n1. The Morgan fingerprint density at radius 1 is 1.19 bits per heavy atom. The Hall–Kier alpha value is -2.81. The van der Waals surface area contributed by atoms with Gasteiger partial charge in [-0.15, -0.1) is 11.3 Å². The summed E-state index contributed by atoms with van der Waals surface area (Å²) in [6.07, 6.45) is 0. The van der Waals surface area contributed by atoms with Gasteiger partial charge in [-0.25, -0.2) is 9.37 Å². The number of carbonyl (C=O) groups is 1. The number of ether oxygens (including phenoxy) is 2. The Kier molecular flexibility index (Phi) is 7.24. The van der Waals surface area contributed by atoms with Gasteiger partial charge in [0.05, 0.1) is 13.2 Å². The quantitative estimate of drug-likeness (QED) is 0.579. The van der Waals surface area contributed by atoms with E-state index in [1.165, 1.54) is 23.5 Å². The number of amides is 1. The van der Waals surface area contributed by atoms with E-state index in [9.17, 15) is 9.18 Å². The molecule has 1 aliphatic rings. The zero-order chi connectivity index (χ0) is 21.5. The molecule has 0 atom stereocenters. The van der Waals surface area contributed by atoms with Crippen LogP contribution < -0.4 is 10.1 Å². The van der Waals surface area contributed by atoms with Gasteiger partial charge in [-0.3, -0.25) is 9.69 Å². The number of morpholine rings is 1. The monoisotopic (exact) mass is 441 g/mol. The Morgan fingerprint density at radius 2 is 2.00 bits per heavy atom. The smallest absolute Gasteiger partial charge is 0.270 e. The van der Waals surface area contributed by atoms with E-state index in [4.69, 9.17) is 9.47 Å². The molecule has 2 heterocycles. The van der Waals surface area contributed by atoms with E-state index < -0.39 is 0 Å². The van der Waals surface area contributed by atoms with Crippen LogP contribution in [0.4, 0.5) is 4.39 Å². The van der Waals surface area contributed by atoms with Gasteiger partial charge in [-0.05, 0) is 29.8 Å². The van der Waals surface area contributed by atoms with Crippen molar-refractivity contribution in [1.29, 1.82) is 0 Å². The average molecular weight is 442 g/mol. The predicted molar refractivity (Wildman–Crippen MR) is 118 cm³/mol. The topological polar surface area (TPSA) is 63.7 Å². The first-order chi connectivity index (χ1) is 15.2. The lowest BCUT2D eigenvalue weighted by Crippen LogP contribution is -2.41. The largest absolute Gasteiger partial charge is 0.489 e. The number of rotatable bonds is 8. The minimum absolute atomic E-state index is 0.167. The first-order valence-corrected chi connectivity index (χ1v) is 11.1. The molecule has 6 nitrogen and oxygen atoms in total. The molecule has 0 spiro atoms. The summed E-state index contributed by atoms with van der Waals surface area (Å²) in [6.45, 7) is 5.02.